The van der Waals surface area contributed by atoms with Gasteiger partial charge in [-0.15, -0.1) is 11.8 Å². The first-order valence-electron chi connectivity index (χ1n) is 5.72. The molecular formula is C14H19NS. The maximum atomic E-state index is 8.89. The zero-order chi connectivity index (χ0) is 12.0. The molecule has 0 aromatic heterocycles. The van der Waals surface area contributed by atoms with Gasteiger partial charge in [0.25, 0.3) is 0 Å². The van der Waals surface area contributed by atoms with Gasteiger partial charge in [-0.3, -0.25) is 0 Å². The minimum absolute atomic E-state index is 0.309. The molecule has 0 aliphatic heterocycles. The van der Waals surface area contributed by atoms with E-state index in [-0.39, 0.29) is 0 Å². The molecule has 2 atom stereocenters. The molecule has 0 aliphatic carbocycles. The van der Waals surface area contributed by atoms with E-state index in [0.717, 1.165) is 0 Å². The van der Waals surface area contributed by atoms with Gasteiger partial charge < -0.3 is 0 Å². The number of thioether (sulfide) groups is 1. The van der Waals surface area contributed by atoms with Crippen molar-refractivity contribution < 1.29 is 0 Å². The molecule has 0 amide bonds. The third-order valence-corrected chi connectivity index (χ3v) is 4.51. The van der Waals surface area contributed by atoms with Crippen LogP contribution in [-0.2, 0) is 0 Å². The number of nitriles is 1. The van der Waals surface area contributed by atoms with Crippen LogP contribution in [0.15, 0.2) is 30.3 Å². The van der Waals surface area contributed by atoms with Gasteiger partial charge in [-0.05, 0) is 11.5 Å². The standard InChI is InChI=1S/C14H19NS/c1-11(2)12(3)16-14(9-10-15)13-7-5-4-6-8-13/h4-8,11-12,14H,9H2,1-3H3. The fourth-order valence-corrected chi connectivity index (χ4v) is 2.73. The minimum atomic E-state index is 0.309. The number of rotatable bonds is 5. The van der Waals surface area contributed by atoms with E-state index in [1.54, 1.807) is 0 Å². The number of benzene rings is 1. The maximum absolute atomic E-state index is 8.89. The van der Waals surface area contributed by atoms with Crippen molar-refractivity contribution in [2.24, 2.45) is 5.92 Å². The first-order valence-corrected chi connectivity index (χ1v) is 6.66. The molecule has 86 valence electrons. The molecule has 1 aromatic carbocycles. The second-order valence-electron chi connectivity index (χ2n) is 4.35. The van der Waals surface area contributed by atoms with E-state index < -0.39 is 0 Å². The van der Waals surface area contributed by atoms with Crippen LogP contribution < -0.4 is 0 Å². The zero-order valence-corrected chi connectivity index (χ0v) is 11.0. The Kier molecular flexibility index (Phi) is 5.42. The van der Waals surface area contributed by atoms with Crippen LogP contribution in [0.4, 0.5) is 0 Å². The first kappa shape index (κ1) is 13.1. The van der Waals surface area contributed by atoms with Crippen LogP contribution in [0.1, 0.15) is 38.0 Å². The van der Waals surface area contributed by atoms with Crippen LogP contribution in [0.25, 0.3) is 0 Å². The Labute approximate surface area is 103 Å². The summed E-state index contributed by atoms with van der Waals surface area (Å²) >= 11 is 1.91. The summed E-state index contributed by atoms with van der Waals surface area (Å²) in [5.74, 6) is 0.648. The fraction of sp³-hybridized carbons (Fsp3) is 0.500. The minimum Gasteiger partial charge on any atom is -0.198 e. The Morgan fingerprint density at radius 1 is 1.19 bits per heavy atom. The van der Waals surface area contributed by atoms with Crippen molar-refractivity contribution in [3.63, 3.8) is 0 Å². The Hall–Kier alpha value is -0.940. The van der Waals surface area contributed by atoms with E-state index in [0.29, 0.717) is 22.8 Å². The van der Waals surface area contributed by atoms with Gasteiger partial charge in [0.1, 0.15) is 0 Å². The normalized spacial score (nSPS) is 14.4. The van der Waals surface area contributed by atoms with Crippen LogP contribution >= 0.6 is 11.8 Å². The summed E-state index contributed by atoms with van der Waals surface area (Å²) < 4.78 is 0. The third-order valence-electron chi connectivity index (χ3n) is 2.77. The van der Waals surface area contributed by atoms with Gasteiger partial charge in [0.15, 0.2) is 0 Å². The van der Waals surface area contributed by atoms with Gasteiger partial charge in [-0.1, -0.05) is 51.1 Å². The van der Waals surface area contributed by atoms with E-state index in [9.17, 15) is 0 Å². The van der Waals surface area contributed by atoms with Crippen LogP contribution in [0.5, 0.6) is 0 Å². The van der Waals surface area contributed by atoms with Gasteiger partial charge in [-0.2, -0.15) is 5.26 Å². The van der Waals surface area contributed by atoms with Crippen molar-refractivity contribution in [3.8, 4) is 6.07 Å². The van der Waals surface area contributed by atoms with Crippen LogP contribution in [0, 0.1) is 17.2 Å². The van der Waals surface area contributed by atoms with Gasteiger partial charge in [0.2, 0.25) is 0 Å². The predicted molar refractivity (Wildman–Crippen MR) is 71.3 cm³/mol. The molecule has 0 heterocycles. The van der Waals surface area contributed by atoms with Crippen molar-refractivity contribution in [2.45, 2.75) is 37.7 Å². The molecular weight excluding hydrogens is 214 g/mol. The third kappa shape index (κ3) is 3.90. The van der Waals surface area contributed by atoms with Crippen LogP contribution in [0.2, 0.25) is 0 Å². The molecule has 0 bridgehead atoms. The summed E-state index contributed by atoms with van der Waals surface area (Å²) in [7, 11) is 0. The summed E-state index contributed by atoms with van der Waals surface area (Å²) in [4.78, 5) is 0. The lowest BCUT2D eigenvalue weighted by Crippen LogP contribution is -2.09. The molecule has 1 rings (SSSR count). The average molecular weight is 233 g/mol. The molecule has 2 unspecified atom stereocenters. The Morgan fingerprint density at radius 3 is 2.31 bits per heavy atom. The molecule has 0 N–H and O–H groups in total. The topological polar surface area (TPSA) is 23.8 Å². The van der Waals surface area contributed by atoms with E-state index in [2.05, 4.69) is 39.0 Å². The van der Waals surface area contributed by atoms with Gasteiger partial charge in [0.05, 0.1) is 12.5 Å². The predicted octanol–water partition coefficient (Wildman–Crippen LogP) is 4.42. The smallest absolute Gasteiger partial charge is 0.0636 e. The SMILES string of the molecule is CC(C)C(C)SC(CC#N)c1ccccc1. The van der Waals surface area contributed by atoms with E-state index in [1.807, 2.05) is 30.0 Å². The summed E-state index contributed by atoms with van der Waals surface area (Å²) in [6.07, 6.45) is 0.589. The van der Waals surface area contributed by atoms with Crippen LogP contribution in [-0.4, -0.2) is 5.25 Å². The van der Waals surface area contributed by atoms with Crippen molar-refractivity contribution >= 4 is 11.8 Å². The molecule has 0 aliphatic rings. The molecule has 1 aromatic rings. The molecule has 0 spiro atoms. The molecule has 0 saturated heterocycles. The van der Waals surface area contributed by atoms with Crippen molar-refractivity contribution in [1.29, 1.82) is 5.26 Å². The summed E-state index contributed by atoms with van der Waals surface area (Å²) in [5.41, 5.74) is 1.27. The second kappa shape index (κ2) is 6.60. The van der Waals surface area contributed by atoms with Crippen molar-refractivity contribution in [3.05, 3.63) is 35.9 Å². The van der Waals surface area contributed by atoms with Gasteiger partial charge >= 0.3 is 0 Å². The average Bonchev–Trinajstić information content (AvgIpc) is 2.29. The fourth-order valence-electron chi connectivity index (χ4n) is 1.41. The highest BCUT2D eigenvalue weighted by molar-refractivity contribution is 8.00. The highest BCUT2D eigenvalue weighted by atomic mass is 32.2. The van der Waals surface area contributed by atoms with Crippen molar-refractivity contribution in [2.75, 3.05) is 0 Å². The van der Waals surface area contributed by atoms with E-state index in [1.165, 1.54) is 5.56 Å². The summed E-state index contributed by atoms with van der Waals surface area (Å²) in [6.45, 7) is 6.70. The lowest BCUT2D eigenvalue weighted by molar-refractivity contribution is 0.639. The van der Waals surface area contributed by atoms with Crippen molar-refractivity contribution in [1.82, 2.24) is 0 Å². The van der Waals surface area contributed by atoms with Crippen LogP contribution in [0.3, 0.4) is 0 Å². The second-order valence-corrected chi connectivity index (χ2v) is 5.93. The molecule has 0 saturated carbocycles. The highest BCUT2D eigenvalue weighted by Gasteiger charge is 2.17. The first-order chi connectivity index (χ1) is 7.65. The summed E-state index contributed by atoms with van der Waals surface area (Å²) in [5, 5.41) is 9.78. The van der Waals surface area contributed by atoms with E-state index >= 15 is 0 Å². The lowest BCUT2D eigenvalue weighted by Gasteiger charge is -2.21. The lowest BCUT2D eigenvalue weighted by atomic mass is 10.1. The monoisotopic (exact) mass is 233 g/mol. The molecule has 2 heteroatoms. The van der Waals surface area contributed by atoms with E-state index in [4.69, 9.17) is 5.26 Å². The number of nitrogens with zero attached hydrogens (tertiary/aromatic N) is 1. The summed E-state index contributed by atoms with van der Waals surface area (Å²) in [6, 6.07) is 12.6. The maximum Gasteiger partial charge on any atom is 0.0636 e. The molecule has 0 radical (unpaired) electrons. The van der Waals surface area contributed by atoms with Gasteiger partial charge in [-0.25, -0.2) is 0 Å². The molecule has 0 fully saturated rings. The highest BCUT2D eigenvalue weighted by Crippen LogP contribution is 2.37. The zero-order valence-electron chi connectivity index (χ0n) is 10.2. The molecule has 1 nitrogen and oxygen atoms in total. The van der Waals surface area contributed by atoms with Gasteiger partial charge in [0, 0.05) is 10.5 Å². The largest absolute Gasteiger partial charge is 0.198 e. The number of hydrogen-bond donors (Lipinski definition) is 0. The molecule has 16 heavy (non-hydrogen) atoms. The Morgan fingerprint density at radius 2 is 1.81 bits per heavy atom. The Bertz CT molecular complexity index is 340. The number of hydrogen-bond acceptors (Lipinski definition) is 2. The Balaban J connectivity index is 2.73. The quantitative estimate of drug-likeness (QED) is 0.751.